The highest BCUT2D eigenvalue weighted by Gasteiger charge is 2.29. The minimum Gasteiger partial charge on any atom is -0.390 e. The van der Waals surface area contributed by atoms with Crippen molar-refractivity contribution in [2.24, 2.45) is 0 Å². The van der Waals surface area contributed by atoms with E-state index in [-0.39, 0.29) is 6.04 Å². The Morgan fingerprint density at radius 2 is 2.09 bits per heavy atom. The van der Waals surface area contributed by atoms with Crippen molar-refractivity contribution < 1.29 is 5.11 Å². The van der Waals surface area contributed by atoms with Gasteiger partial charge >= 0.3 is 0 Å². The van der Waals surface area contributed by atoms with Crippen molar-refractivity contribution in [3.8, 4) is 0 Å². The lowest BCUT2D eigenvalue weighted by molar-refractivity contribution is 0.0196. The molecule has 1 aliphatic rings. The molecular formula is C24H28N6OS. The van der Waals surface area contributed by atoms with Crippen LogP contribution >= 0.6 is 11.5 Å². The molecule has 0 radical (unpaired) electrons. The van der Waals surface area contributed by atoms with Crippen LogP contribution in [0.2, 0.25) is 0 Å². The maximum absolute atomic E-state index is 10.3. The highest BCUT2D eigenvalue weighted by Crippen LogP contribution is 2.31. The quantitative estimate of drug-likeness (QED) is 0.456. The summed E-state index contributed by atoms with van der Waals surface area (Å²) in [6, 6.07) is 8.48. The van der Waals surface area contributed by atoms with Crippen molar-refractivity contribution in [1.29, 1.82) is 0 Å². The van der Waals surface area contributed by atoms with E-state index in [0.717, 1.165) is 64.5 Å². The number of hydrogen-bond donors (Lipinski definition) is 2. The van der Waals surface area contributed by atoms with Gasteiger partial charge in [0.15, 0.2) is 5.82 Å². The van der Waals surface area contributed by atoms with Crippen LogP contribution in [0.1, 0.15) is 54.6 Å². The zero-order valence-electron chi connectivity index (χ0n) is 18.5. The summed E-state index contributed by atoms with van der Waals surface area (Å²) in [6.07, 6.45) is 9.86. The summed E-state index contributed by atoms with van der Waals surface area (Å²) in [7, 11) is 0. The molecule has 0 saturated heterocycles. The fraction of sp³-hybridized carbons (Fsp3) is 0.417. The average molecular weight is 449 g/mol. The van der Waals surface area contributed by atoms with Gasteiger partial charge in [0.05, 0.1) is 16.8 Å². The number of nitrogens with zero attached hydrogens (tertiary/aromatic N) is 5. The third-order valence-electron chi connectivity index (χ3n) is 6.15. The molecule has 2 N–H and O–H groups in total. The molecule has 4 heterocycles. The van der Waals surface area contributed by atoms with Gasteiger partial charge in [-0.1, -0.05) is 6.07 Å². The van der Waals surface area contributed by atoms with E-state index in [2.05, 4.69) is 43.6 Å². The minimum atomic E-state index is -0.561. The van der Waals surface area contributed by atoms with E-state index in [1.54, 1.807) is 6.20 Å². The maximum atomic E-state index is 10.3. The standard InChI is InChI=1S/C24H28N6OS/c1-16-12-19(32-29-16)13-21-27-20-7-11-30(15-17-4-3-10-25-14-17)22(20)23(28-21)26-18-5-8-24(2,31)9-6-18/h3-4,7,10-12,14,18,31H,5-6,8-9,13,15H2,1-2H3,(H,26,27,28). The number of aryl methyl sites for hydroxylation is 1. The topological polar surface area (TPSA) is 88.8 Å². The van der Waals surface area contributed by atoms with Gasteiger partial charge in [-0.05, 0) is 74.8 Å². The molecule has 166 valence electrons. The second kappa shape index (κ2) is 8.60. The lowest BCUT2D eigenvalue weighted by atomic mass is 9.84. The molecule has 1 aliphatic carbocycles. The first-order chi connectivity index (χ1) is 15.4. The zero-order valence-corrected chi connectivity index (χ0v) is 19.3. The van der Waals surface area contributed by atoms with Crippen molar-refractivity contribution in [3.63, 3.8) is 0 Å². The summed E-state index contributed by atoms with van der Waals surface area (Å²) in [4.78, 5) is 15.3. The molecule has 0 aromatic carbocycles. The highest BCUT2D eigenvalue weighted by atomic mass is 32.1. The van der Waals surface area contributed by atoms with Gasteiger partial charge < -0.3 is 15.0 Å². The summed E-state index contributed by atoms with van der Waals surface area (Å²) in [5.41, 5.74) is 3.55. The zero-order chi connectivity index (χ0) is 22.1. The highest BCUT2D eigenvalue weighted by molar-refractivity contribution is 7.05. The molecule has 0 unspecified atom stereocenters. The number of nitrogens with one attached hydrogen (secondary N) is 1. The Kier molecular flexibility index (Phi) is 5.65. The van der Waals surface area contributed by atoms with Crippen LogP contribution in [0, 0.1) is 6.92 Å². The van der Waals surface area contributed by atoms with Gasteiger partial charge in [-0.2, -0.15) is 4.37 Å². The lowest BCUT2D eigenvalue weighted by Gasteiger charge is -2.33. The molecule has 32 heavy (non-hydrogen) atoms. The fourth-order valence-corrected chi connectivity index (χ4v) is 5.12. The van der Waals surface area contributed by atoms with E-state index in [9.17, 15) is 5.11 Å². The Bertz CT molecular complexity index is 1210. The molecule has 0 spiro atoms. The van der Waals surface area contributed by atoms with Crippen LogP contribution in [0.5, 0.6) is 0 Å². The Morgan fingerprint density at radius 3 is 2.81 bits per heavy atom. The molecule has 0 aliphatic heterocycles. The summed E-state index contributed by atoms with van der Waals surface area (Å²) in [5.74, 6) is 1.66. The molecule has 5 rings (SSSR count). The summed E-state index contributed by atoms with van der Waals surface area (Å²) in [6.45, 7) is 4.65. The Balaban J connectivity index is 1.49. The second-order valence-electron chi connectivity index (χ2n) is 9.05. The molecule has 7 nitrogen and oxygen atoms in total. The van der Waals surface area contributed by atoms with Crippen LogP contribution in [0.3, 0.4) is 0 Å². The molecule has 8 heteroatoms. The Morgan fingerprint density at radius 1 is 1.25 bits per heavy atom. The number of rotatable bonds is 6. The van der Waals surface area contributed by atoms with Crippen molar-refractivity contribution in [2.75, 3.05) is 5.32 Å². The van der Waals surface area contributed by atoms with Crippen molar-refractivity contribution in [1.82, 2.24) is 23.9 Å². The van der Waals surface area contributed by atoms with E-state index in [1.807, 2.05) is 26.1 Å². The molecular weight excluding hydrogens is 420 g/mol. The maximum Gasteiger partial charge on any atom is 0.154 e. The van der Waals surface area contributed by atoms with Gasteiger partial charge in [-0.15, -0.1) is 0 Å². The first kappa shape index (κ1) is 21.0. The molecule has 1 saturated carbocycles. The van der Waals surface area contributed by atoms with Gasteiger partial charge in [-0.25, -0.2) is 9.97 Å². The van der Waals surface area contributed by atoms with E-state index >= 15 is 0 Å². The van der Waals surface area contributed by atoms with Crippen LogP contribution in [0.15, 0.2) is 42.9 Å². The van der Waals surface area contributed by atoms with E-state index in [0.29, 0.717) is 13.0 Å². The Labute approximate surface area is 191 Å². The van der Waals surface area contributed by atoms with Crippen LogP contribution in [-0.4, -0.2) is 40.6 Å². The number of fused-ring (bicyclic) bond motifs is 1. The first-order valence-electron chi connectivity index (χ1n) is 11.1. The molecule has 0 bridgehead atoms. The summed E-state index contributed by atoms with van der Waals surface area (Å²) in [5, 5.41) is 14.0. The number of hydrogen-bond acceptors (Lipinski definition) is 7. The van der Waals surface area contributed by atoms with Crippen molar-refractivity contribution in [3.05, 3.63) is 64.8 Å². The van der Waals surface area contributed by atoms with Gasteiger partial charge in [0.2, 0.25) is 0 Å². The van der Waals surface area contributed by atoms with Crippen LogP contribution in [0.4, 0.5) is 5.82 Å². The van der Waals surface area contributed by atoms with Gasteiger partial charge in [0.1, 0.15) is 11.3 Å². The predicted octanol–water partition coefficient (Wildman–Crippen LogP) is 4.34. The smallest absolute Gasteiger partial charge is 0.154 e. The Hall–Kier alpha value is -2.84. The van der Waals surface area contributed by atoms with E-state index in [1.165, 1.54) is 11.5 Å². The molecule has 0 atom stereocenters. The largest absolute Gasteiger partial charge is 0.390 e. The monoisotopic (exact) mass is 448 g/mol. The summed E-state index contributed by atoms with van der Waals surface area (Å²) >= 11 is 1.51. The SMILES string of the molecule is Cc1cc(Cc2nc(NC3CCC(C)(O)CC3)c3c(ccn3Cc3cccnc3)n2)sn1. The lowest BCUT2D eigenvalue weighted by Crippen LogP contribution is -2.36. The van der Waals surface area contributed by atoms with Crippen molar-refractivity contribution in [2.45, 2.75) is 64.1 Å². The third-order valence-corrected chi connectivity index (χ3v) is 7.02. The number of anilines is 1. The van der Waals surface area contributed by atoms with Crippen LogP contribution in [0.25, 0.3) is 11.0 Å². The second-order valence-corrected chi connectivity index (χ2v) is 9.94. The molecule has 4 aromatic heterocycles. The van der Waals surface area contributed by atoms with E-state index in [4.69, 9.17) is 9.97 Å². The number of aliphatic hydroxyl groups is 1. The van der Waals surface area contributed by atoms with E-state index < -0.39 is 5.60 Å². The number of aromatic nitrogens is 5. The normalized spacial score (nSPS) is 21.2. The number of pyridine rings is 1. The van der Waals surface area contributed by atoms with Gasteiger partial charge in [-0.3, -0.25) is 4.98 Å². The first-order valence-corrected chi connectivity index (χ1v) is 11.9. The fourth-order valence-electron chi connectivity index (χ4n) is 4.39. The third kappa shape index (κ3) is 4.66. The van der Waals surface area contributed by atoms with Crippen molar-refractivity contribution >= 4 is 28.4 Å². The average Bonchev–Trinajstić information content (AvgIpc) is 3.36. The molecule has 0 amide bonds. The van der Waals surface area contributed by atoms with Gasteiger partial charge in [0.25, 0.3) is 0 Å². The van der Waals surface area contributed by atoms with Gasteiger partial charge in [0, 0.05) is 42.5 Å². The van der Waals surface area contributed by atoms with Crippen LogP contribution < -0.4 is 5.32 Å². The molecule has 1 fully saturated rings. The summed E-state index contributed by atoms with van der Waals surface area (Å²) < 4.78 is 6.58. The van der Waals surface area contributed by atoms with Crippen LogP contribution in [-0.2, 0) is 13.0 Å². The minimum absolute atomic E-state index is 0.286. The predicted molar refractivity (Wildman–Crippen MR) is 127 cm³/mol. The molecule has 4 aromatic rings.